The maximum Gasteiger partial charge on any atom is 0.303 e. The number of benzene rings is 1. The highest BCUT2D eigenvalue weighted by atomic mass is 79.9. The summed E-state index contributed by atoms with van der Waals surface area (Å²) >= 11 is 13.3. The van der Waals surface area contributed by atoms with Gasteiger partial charge in [-0.3, -0.25) is 4.79 Å². The fourth-order valence-electron chi connectivity index (χ4n) is 1.36. The van der Waals surface area contributed by atoms with E-state index in [0.29, 0.717) is 31.1 Å². The van der Waals surface area contributed by atoms with E-state index in [-0.39, 0.29) is 6.42 Å². The second kappa shape index (κ2) is 9.86. The van der Waals surface area contributed by atoms with Gasteiger partial charge in [0.1, 0.15) is 18.1 Å². The van der Waals surface area contributed by atoms with E-state index in [9.17, 15) is 4.79 Å². The topological polar surface area (TPSA) is 55.8 Å². The van der Waals surface area contributed by atoms with Crippen LogP contribution < -0.4 is 9.47 Å². The molecular formula is C13H12Br4O4. The molecule has 8 heteroatoms. The van der Waals surface area contributed by atoms with Crippen molar-refractivity contribution in [2.75, 3.05) is 13.2 Å². The van der Waals surface area contributed by atoms with Crippen molar-refractivity contribution in [3.63, 3.8) is 0 Å². The third kappa shape index (κ3) is 7.67. The minimum Gasteiger partial charge on any atom is -0.491 e. The van der Waals surface area contributed by atoms with Crippen molar-refractivity contribution in [2.45, 2.75) is 12.8 Å². The number of rotatable bonds is 8. The van der Waals surface area contributed by atoms with Crippen molar-refractivity contribution in [2.24, 2.45) is 0 Å². The summed E-state index contributed by atoms with van der Waals surface area (Å²) in [4.78, 5) is 10.4. The summed E-state index contributed by atoms with van der Waals surface area (Å²) < 4.78 is 13.4. The number of carboxylic acid groups (broad SMARTS) is 1. The Kier molecular flexibility index (Phi) is 8.92. The first-order chi connectivity index (χ1) is 9.90. The molecule has 0 fully saturated rings. The van der Waals surface area contributed by atoms with Crippen LogP contribution in [0.2, 0.25) is 0 Å². The van der Waals surface area contributed by atoms with Crippen LogP contribution in [0.3, 0.4) is 0 Å². The van der Waals surface area contributed by atoms with Gasteiger partial charge in [-0.25, -0.2) is 0 Å². The standard InChI is InChI=1S/C13H12Br4O4/c14-9-6-8(20-5-3-11(16)17)7-10(15)13(9)21-4-1-2-12(18)19/h3,6-7H,1-2,4-5H2,(H,18,19). The molecule has 0 aromatic heterocycles. The van der Waals surface area contributed by atoms with Crippen LogP contribution >= 0.6 is 63.7 Å². The summed E-state index contributed by atoms with van der Waals surface area (Å²) in [5, 5.41) is 8.58. The molecule has 1 rings (SSSR count). The van der Waals surface area contributed by atoms with Gasteiger partial charge < -0.3 is 14.6 Å². The van der Waals surface area contributed by atoms with Crippen molar-refractivity contribution in [3.05, 3.63) is 30.5 Å². The average molecular weight is 552 g/mol. The van der Waals surface area contributed by atoms with Crippen molar-refractivity contribution in [1.29, 1.82) is 0 Å². The molecule has 0 bridgehead atoms. The Balaban J connectivity index is 2.62. The molecule has 116 valence electrons. The summed E-state index contributed by atoms with van der Waals surface area (Å²) in [5.41, 5.74) is 0. The molecule has 0 aliphatic heterocycles. The predicted octanol–water partition coefficient (Wildman–Crippen LogP) is 5.47. The van der Waals surface area contributed by atoms with Crippen LogP contribution in [0.15, 0.2) is 30.5 Å². The summed E-state index contributed by atoms with van der Waals surface area (Å²) in [5.74, 6) is 0.487. The number of aliphatic carboxylic acids is 1. The lowest BCUT2D eigenvalue weighted by Gasteiger charge is -2.12. The first-order valence-corrected chi connectivity index (χ1v) is 9.05. The largest absolute Gasteiger partial charge is 0.491 e. The monoisotopic (exact) mass is 548 g/mol. The number of halogens is 4. The Morgan fingerprint density at radius 1 is 1.19 bits per heavy atom. The molecule has 0 unspecified atom stereocenters. The molecular weight excluding hydrogens is 540 g/mol. The zero-order valence-corrected chi connectivity index (χ0v) is 17.1. The highest BCUT2D eigenvalue weighted by molar-refractivity contribution is 9.28. The highest BCUT2D eigenvalue weighted by Crippen LogP contribution is 2.37. The third-order valence-electron chi connectivity index (χ3n) is 2.24. The van der Waals surface area contributed by atoms with Crippen LogP contribution in [0.25, 0.3) is 0 Å². The summed E-state index contributed by atoms with van der Waals surface area (Å²) in [6.07, 6.45) is 2.37. The van der Waals surface area contributed by atoms with Crippen molar-refractivity contribution in [3.8, 4) is 11.5 Å². The first-order valence-electron chi connectivity index (χ1n) is 5.87. The number of hydrogen-bond acceptors (Lipinski definition) is 3. The molecule has 0 radical (unpaired) electrons. The lowest BCUT2D eigenvalue weighted by Crippen LogP contribution is -2.03. The molecule has 4 nitrogen and oxygen atoms in total. The minimum absolute atomic E-state index is 0.0875. The lowest BCUT2D eigenvalue weighted by molar-refractivity contribution is -0.137. The molecule has 0 aliphatic carbocycles. The Bertz CT molecular complexity index is 504. The van der Waals surface area contributed by atoms with E-state index in [0.717, 1.165) is 12.3 Å². The van der Waals surface area contributed by atoms with Gasteiger partial charge in [0.2, 0.25) is 0 Å². The normalized spacial score (nSPS) is 10.1. The maximum absolute atomic E-state index is 10.4. The van der Waals surface area contributed by atoms with Gasteiger partial charge in [-0.15, -0.1) is 0 Å². The quantitative estimate of drug-likeness (QED) is 0.436. The maximum atomic E-state index is 10.4. The number of ether oxygens (including phenoxy) is 2. The first kappa shape index (κ1) is 19.0. The molecule has 0 saturated heterocycles. The second-order valence-electron chi connectivity index (χ2n) is 3.87. The third-order valence-corrected chi connectivity index (χ3v) is 4.07. The summed E-state index contributed by atoms with van der Waals surface area (Å²) in [7, 11) is 0. The Morgan fingerprint density at radius 2 is 1.81 bits per heavy atom. The average Bonchev–Trinajstić information content (AvgIpc) is 2.36. The molecule has 0 saturated carbocycles. The van der Waals surface area contributed by atoms with E-state index in [1.54, 1.807) is 12.1 Å². The van der Waals surface area contributed by atoms with E-state index in [2.05, 4.69) is 63.7 Å². The lowest BCUT2D eigenvalue weighted by atomic mass is 10.3. The van der Waals surface area contributed by atoms with Crippen molar-refractivity contribution >= 4 is 69.7 Å². The van der Waals surface area contributed by atoms with E-state index in [1.165, 1.54) is 0 Å². The van der Waals surface area contributed by atoms with Crippen LogP contribution in [-0.2, 0) is 4.79 Å². The van der Waals surface area contributed by atoms with Gasteiger partial charge in [-0.1, -0.05) is 0 Å². The molecule has 1 aromatic carbocycles. The molecule has 21 heavy (non-hydrogen) atoms. The molecule has 0 amide bonds. The van der Waals surface area contributed by atoms with Crippen LogP contribution in [0.5, 0.6) is 11.5 Å². The Hall–Kier alpha value is -0.0500. The van der Waals surface area contributed by atoms with Gasteiger partial charge in [0, 0.05) is 6.42 Å². The number of carboxylic acids is 1. The van der Waals surface area contributed by atoms with E-state index >= 15 is 0 Å². The Labute approximate surface area is 156 Å². The van der Waals surface area contributed by atoms with E-state index in [4.69, 9.17) is 14.6 Å². The molecule has 1 N–H and O–H groups in total. The van der Waals surface area contributed by atoms with E-state index in [1.807, 2.05) is 6.08 Å². The molecule has 0 heterocycles. The molecule has 0 aliphatic rings. The molecule has 1 aromatic rings. The molecule has 0 spiro atoms. The zero-order valence-electron chi connectivity index (χ0n) is 10.7. The predicted molar refractivity (Wildman–Crippen MR) is 95.6 cm³/mol. The SMILES string of the molecule is O=C(O)CCCOc1c(Br)cc(OCC=C(Br)Br)cc1Br. The van der Waals surface area contributed by atoms with Gasteiger partial charge in [0.05, 0.1) is 18.9 Å². The minimum atomic E-state index is -0.827. The number of carbonyl (C=O) groups is 1. The van der Waals surface area contributed by atoms with Crippen LogP contribution in [-0.4, -0.2) is 24.3 Å². The molecule has 0 atom stereocenters. The van der Waals surface area contributed by atoms with Gasteiger partial charge in [0.15, 0.2) is 0 Å². The van der Waals surface area contributed by atoms with Crippen LogP contribution in [0.1, 0.15) is 12.8 Å². The Morgan fingerprint density at radius 3 is 2.33 bits per heavy atom. The van der Waals surface area contributed by atoms with Crippen LogP contribution in [0.4, 0.5) is 0 Å². The highest BCUT2D eigenvalue weighted by Gasteiger charge is 2.10. The fourth-order valence-corrected chi connectivity index (χ4v) is 2.99. The van der Waals surface area contributed by atoms with Crippen molar-refractivity contribution < 1.29 is 19.4 Å². The smallest absolute Gasteiger partial charge is 0.303 e. The van der Waals surface area contributed by atoms with Gasteiger partial charge >= 0.3 is 5.97 Å². The second-order valence-corrected chi connectivity index (χ2v) is 8.35. The fraction of sp³-hybridized carbons (Fsp3) is 0.308. The van der Waals surface area contributed by atoms with Crippen molar-refractivity contribution in [1.82, 2.24) is 0 Å². The van der Waals surface area contributed by atoms with Gasteiger partial charge in [0.25, 0.3) is 0 Å². The zero-order chi connectivity index (χ0) is 15.8. The summed E-state index contributed by atoms with van der Waals surface area (Å²) in [6, 6.07) is 3.60. The van der Waals surface area contributed by atoms with Gasteiger partial charge in [-0.2, -0.15) is 0 Å². The van der Waals surface area contributed by atoms with Gasteiger partial charge in [-0.05, 0) is 88.3 Å². The number of hydrogen-bond donors (Lipinski definition) is 1. The van der Waals surface area contributed by atoms with Crippen LogP contribution in [0, 0.1) is 0 Å². The van der Waals surface area contributed by atoms with E-state index < -0.39 is 5.97 Å². The summed E-state index contributed by atoms with van der Waals surface area (Å²) in [6.45, 7) is 0.756.